The molecule has 1 N–H and O–H groups in total. The normalized spacial score (nSPS) is 12.9. The standard InChI is InChI=1S/C23H31NO2/c1-19(24(2)3)18-23(17-11-10-16-22(25)26,20-12-6-4-7-13-20)21-14-8-5-9-15-21/h4-9,12-15,19H,10-11,16-18H2,1-3H3,(H,25,26). The molecule has 0 saturated carbocycles. The van der Waals surface area contributed by atoms with Crippen LogP contribution >= 0.6 is 0 Å². The Balaban J connectivity index is 2.42. The maximum absolute atomic E-state index is 10.9. The Kier molecular flexibility index (Phi) is 7.40. The van der Waals surface area contributed by atoms with Gasteiger partial charge in [-0.2, -0.15) is 0 Å². The zero-order chi connectivity index (χ0) is 19.0. The fourth-order valence-corrected chi connectivity index (χ4v) is 3.70. The van der Waals surface area contributed by atoms with Crippen molar-refractivity contribution in [1.29, 1.82) is 0 Å². The molecule has 0 heterocycles. The first-order valence-electron chi connectivity index (χ1n) is 9.45. The van der Waals surface area contributed by atoms with Crippen LogP contribution < -0.4 is 0 Å². The van der Waals surface area contributed by atoms with Crippen LogP contribution in [0.5, 0.6) is 0 Å². The van der Waals surface area contributed by atoms with Crippen molar-refractivity contribution in [2.45, 2.75) is 50.5 Å². The molecular weight excluding hydrogens is 322 g/mol. The van der Waals surface area contributed by atoms with Crippen LogP contribution in [0.25, 0.3) is 0 Å². The van der Waals surface area contributed by atoms with Crippen LogP contribution in [-0.4, -0.2) is 36.1 Å². The average Bonchev–Trinajstić information content (AvgIpc) is 2.65. The summed E-state index contributed by atoms with van der Waals surface area (Å²) in [4.78, 5) is 13.2. The van der Waals surface area contributed by atoms with Gasteiger partial charge in [0.25, 0.3) is 0 Å². The first-order valence-corrected chi connectivity index (χ1v) is 9.45. The molecule has 1 atom stereocenters. The summed E-state index contributed by atoms with van der Waals surface area (Å²) < 4.78 is 0. The van der Waals surface area contributed by atoms with E-state index in [2.05, 4.69) is 86.6 Å². The van der Waals surface area contributed by atoms with Crippen LogP contribution in [0.3, 0.4) is 0 Å². The maximum atomic E-state index is 10.9. The van der Waals surface area contributed by atoms with Crippen molar-refractivity contribution in [3.63, 3.8) is 0 Å². The van der Waals surface area contributed by atoms with E-state index in [1.807, 2.05) is 0 Å². The Bertz CT molecular complexity index is 628. The zero-order valence-electron chi connectivity index (χ0n) is 16.2. The van der Waals surface area contributed by atoms with E-state index in [0.29, 0.717) is 12.5 Å². The summed E-state index contributed by atoms with van der Waals surface area (Å²) in [5, 5.41) is 8.99. The summed E-state index contributed by atoms with van der Waals surface area (Å²) in [7, 11) is 4.24. The molecule has 0 radical (unpaired) electrons. The Morgan fingerprint density at radius 3 is 1.88 bits per heavy atom. The summed E-state index contributed by atoms with van der Waals surface area (Å²) in [5.74, 6) is -0.711. The van der Waals surface area contributed by atoms with Crippen LogP contribution in [0.15, 0.2) is 60.7 Å². The fraction of sp³-hybridized carbons (Fsp3) is 0.435. The summed E-state index contributed by atoms with van der Waals surface area (Å²) in [5.41, 5.74) is 2.52. The van der Waals surface area contributed by atoms with Crippen LogP contribution in [0.2, 0.25) is 0 Å². The highest BCUT2D eigenvalue weighted by Gasteiger charge is 2.35. The van der Waals surface area contributed by atoms with Crippen LogP contribution in [-0.2, 0) is 10.2 Å². The van der Waals surface area contributed by atoms with Gasteiger partial charge < -0.3 is 10.0 Å². The van der Waals surface area contributed by atoms with E-state index in [4.69, 9.17) is 5.11 Å². The van der Waals surface area contributed by atoms with Crippen molar-refractivity contribution in [2.24, 2.45) is 0 Å². The van der Waals surface area contributed by atoms with E-state index in [9.17, 15) is 4.79 Å². The number of benzene rings is 2. The van der Waals surface area contributed by atoms with Gasteiger partial charge in [-0.15, -0.1) is 0 Å². The van der Waals surface area contributed by atoms with Crippen molar-refractivity contribution in [3.8, 4) is 0 Å². The van der Waals surface area contributed by atoms with Gasteiger partial charge in [0.05, 0.1) is 0 Å². The molecule has 2 aromatic rings. The van der Waals surface area contributed by atoms with Gasteiger partial charge in [0.1, 0.15) is 0 Å². The quantitative estimate of drug-likeness (QED) is 0.614. The third-order valence-electron chi connectivity index (χ3n) is 5.42. The SMILES string of the molecule is CC(CC(CCCCC(=O)O)(c1ccccc1)c1ccccc1)N(C)C. The fourth-order valence-electron chi connectivity index (χ4n) is 3.70. The van der Waals surface area contributed by atoms with Crippen LogP contribution in [0.1, 0.15) is 50.2 Å². The number of carboxylic acid groups (broad SMARTS) is 1. The largest absolute Gasteiger partial charge is 0.481 e. The topological polar surface area (TPSA) is 40.5 Å². The lowest BCUT2D eigenvalue weighted by Gasteiger charge is -2.39. The Morgan fingerprint density at radius 2 is 1.46 bits per heavy atom. The molecule has 0 amide bonds. The van der Waals surface area contributed by atoms with E-state index in [0.717, 1.165) is 19.3 Å². The highest BCUT2D eigenvalue weighted by atomic mass is 16.4. The molecule has 2 aromatic carbocycles. The third kappa shape index (κ3) is 5.18. The smallest absolute Gasteiger partial charge is 0.303 e. The number of rotatable bonds is 10. The number of carbonyl (C=O) groups is 1. The molecule has 140 valence electrons. The Labute approximate surface area is 157 Å². The molecule has 3 heteroatoms. The summed E-state index contributed by atoms with van der Waals surface area (Å²) in [6, 6.07) is 21.8. The molecule has 0 aliphatic carbocycles. The van der Waals surface area contributed by atoms with Crippen molar-refractivity contribution in [2.75, 3.05) is 14.1 Å². The molecule has 1 unspecified atom stereocenters. The number of hydrogen-bond donors (Lipinski definition) is 1. The van der Waals surface area contributed by atoms with Gasteiger partial charge in [-0.3, -0.25) is 4.79 Å². The van der Waals surface area contributed by atoms with Crippen LogP contribution in [0, 0.1) is 0 Å². The molecular formula is C23H31NO2. The molecule has 0 spiro atoms. The number of hydrogen-bond acceptors (Lipinski definition) is 2. The first-order chi connectivity index (χ1) is 12.5. The molecule has 0 saturated heterocycles. The van der Waals surface area contributed by atoms with Gasteiger partial charge in [0.2, 0.25) is 0 Å². The van der Waals surface area contributed by atoms with E-state index in [1.165, 1.54) is 11.1 Å². The minimum Gasteiger partial charge on any atom is -0.481 e. The van der Waals surface area contributed by atoms with Gasteiger partial charge in [-0.1, -0.05) is 67.1 Å². The minimum absolute atomic E-state index is 0.106. The van der Waals surface area contributed by atoms with Gasteiger partial charge >= 0.3 is 5.97 Å². The summed E-state index contributed by atoms with van der Waals surface area (Å²) in [6.45, 7) is 2.26. The Morgan fingerprint density at radius 1 is 0.962 bits per heavy atom. The molecule has 0 aliphatic heterocycles. The lowest BCUT2D eigenvalue weighted by molar-refractivity contribution is -0.137. The second kappa shape index (κ2) is 9.54. The molecule has 26 heavy (non-hydrogen) atoms. The lowest BCUT2D eigenvalue weighted by atomic mass is 9.67. The van der Waals surface area contributed by atoms with Crippen molar-refractivity contribution in [3.05, 3.63) is 71.8 Å². The highest BCUT2D eigenvalue weighted by molar-refractivity contribution is 5.66. The first kappa shape index (κ1) is 20.2. The van der Waals surface area contributed by atoms with Gasteiger partial charge in [0, 0.05) is 17.9 Å². The predicted molar refractivity (Wildman–Crippen MR) is 108 cm³/mol. The maximum Gasteiger partial charge on any atom is 0.303 e. The number of nitrogens with zero attached hydrogens (tertiary/aromatic N) is 1. The monoisotopic (exact) mass is 353 g/mol. The number of aliphatic carboxylic acids is 1. The second-order valence-electron chi connectivity index (χ2n) is 7.43. The average molecular weight is 354 g/mol. The predicted octanol–water partition coefficient (Wildman–Crippen LogP) is 4.96. The lowest BCUT2D eigenvalue weighted by Crippen LogP contribution is -2.37. The van der Waals surface area contributed by atoms with Gasteiger partial charge in [-0.05, 0) is 51.4 Å². The molecule has 0 fully saturated rings. The molecule has 0 aliphatic rings. The van der Waals surface area contributed by atoms with Gasteiger partial charge in [0.15, 0.2) is 0 Å². The molecule has 0 aromatic heterocycles. The van der Waals surface area contributed by atoms with E-state index in [-0.39, 0.29) is 11.8 Å². The molecule has 3 nitrogen and oxygen atoms in total. The second-order valence-corrected chi connectivity index (χ2v) is 7.43. The highest BCUT2D eigenvalue weighted by Crippen LogP contribution is 2.42. The molecule has 2 rings (SSSR count). The van der Waals surface area contributed by atoms with E-state index >= 15 is 0 Å². The number of carboxylic acids is 1. The summed E-state index contributed by atoms with van der Waals surface area (Å²) in [6.07, 6.45) is 3.81. The van der Waals surface area contributed by atoms with Crippen molar-refractivity contribution < 1.29 is 9.90 Å². The summed E-state index contributed by atoms with van der Waals surface area (Å²) >= 11 is 0. The van der Waals surface area contributed by atoms with Crippen molar-refractivity contribution in [1.82, 2.24) is 4.90 Å². The van der Waals surface area contributed by atoms with E-state index in [1.54, 1.807) is 0 Å². The Hall–Kier alpha value is -2.13. The molecule has 0 bridgehead atoms. The number of unbranched alkanes of at least 4 members (excludes halogenated alkanes) is 1. The zero-order valence-corrected chi connectivity index (χ0v) is 16.2. The van der Waals surface area contributed by atoms with E-state index < -0.39 is 5.97 Å². The van der Waals surface area contributed by atoms with Crippen molar-refractivity contribution >= 4 is 5.97 Å². The van der Waals surface area contributed by atoms with Crippen LogP contribution in [0.4, 0.5) is 0 Å². The third-order valence-corrected chi connectivity index (χ3v) is 5.42. The minimum atomic E-state index is -0.711. The van der Waals surface area contributed by atoms with Gasteiger partial charge in [-0.25, -0.2) is 0 Å².